The molecular formula is C12H6F3N3O5S. The van der Waals surface area contributed by atoms with Crippen LogP contribution in [0, 0.1) is 0 Å². The zero-order valence-electron chi connectivity index (χ0n) is 11.4. The van der Waals surface area contributed by atoms with Gasteiger partial charge in [0.05, 0.1) is 17.2 Å². The van der Waals surface area contributed by atoms with Gasteiger partial charge in [-0.3, -0.25) is 4.98 Å². The van der Waals surface area contributed by atoms with E-state index in [2.05, 4.69) is 14.2 Å². The van der Waals surface area contributed by atoms with Gasteiger partial charge >= 0.3 is 21.6 Å². The number of nitrogens with zero attached hydrogens (tertiary/aromatic N) is 3. The summed E-state index contributed by atoms with van der Waals surface area (Å²) in [6.45, 7) is 0. The van der Waals surface area contributed by atoms with Gasteiger partial charge in [-0.2, -0.15) is 21.6 Å². The van der Waals surface area contributed by atoms with E-state index in [1.165, 1.54) is 22.9 Å². The first kappa shape index (κ1) is 16.0. The predicted molar refractivity (Wildman–Crippen MR) is 73.1 cm³/mol. The summed E-state index contributed by atoms with van der Waals surface area (Å²) in [5, 5.41) is 8.98. The molecule has 0 bridgehead atoms. The second-order valence-corrected chi connectivity index (χ2v) is 6.07. The lowest BCUT2D eigenvalue weighted by Gasteiger charge is -2.12. The number of aromatic nitrogens is 3. The summed E-state index contributed by atoms with van der Waals surface area (Å²) >= 11 is 0. The van der Waals surface area contributed by atoms with Crippen LogP contribution < -0.4 is 4.18 Å². The topological polar surface area (TPSA) is 111 Å². The summed E-state index contributed by atoms with van der Waals surface area (Å²) in [7, 11) is -6.03. The Morgan fingerprint density at radius 3 is 2.67 bits per heavy atom. The van der Waals surface area contributed by atoms with E-state index in [-0.39, 0.29) is 11.0 Å². The van der Waals surface area contributed by atoms with Crippen LogP contribution in [0.1, 0.15) is 10.5 Å². The monoisotopic (exact) mass is 361 g/mol. The number of halogens is 3. The third-order valence-corrected chi connectivity index (χ3v) is 3.93. The lowest BCUT2D eigenvalue weighted by molar-refractivity contribution is -0.0500. The Hall–Kier alpha value is -2.89. The Kier molecular flexibility index (Phi) is 3.37. The molecule has 0 aliphatic rings. The van der Waals surface area contributed by atoms with Crippen molar-refractivity contribution >= 4 is 32.6 Å². The minimum Gasteiger partial charge on any atom is -0.477 e. The molecule has 0 aliphatic heterocycles. The molecule has 0 radical (unpaired) electrons. The van der Waals surface area contributed by atoms with E-state index in [1.807, 2.05) is 0 Å². The van der Waals surface area contributed by atoms with Crippen molar-refractivity contribution in [2.24, 2.45) is 0 Å². The summed E-state index contributed by atoms with van der Waals surface area (Å²) in [6, 6.07) is 4.08. The van der Waals surface area contributed by atoms with Crippen LogP contribution in [0.15, 0.2) is 30.6 Å². The smallest absolute Gasteiger partial charge is 0.477 e. The number of pyridine rings is 1. The van der Waals surface area contributed by atoms with Gasteiger partial charge in [0.15, 0.2) is 5.69 Å². The van der Waals surface area contributed by atoms with Gasteiger partial charge in [-0.1, -0.05) is 0 Å². The van der Waals surface area contributed by atoms with Gasteiger partial charge in [-0.05, 0) is 18.2 Å². The number of carbonyl (C=O) groups is 1. The quantitative estimate of drug-likeness (QED) is 0.559. The largest absolute Gasteiger partial charge is 0.534 e. The highest BCUT2D eigenvalue weighted by molar-refractivity contribution is 7.88. The number of hydrogen-bond donors (Lipinski definition) is 1. The molecule has 0 amide bonds. The standard InChI is InChI=1S/C12H6F3N3O5S/c13-12(14,15)24(21,22)23-10-9-7(4-8(17-10)11(19)20)16-5-6-2-1-3-18(6)9/h1-5H,(H,19,20). The molecule has 0 saturated heterocycles. The molecule has 1 N–H and O–H groups in total. The van der Waals surface area contributed by atoms with Gasteiger partial charge in [0.1, 0.15) is 5.52 Å². The van der Waals surface area contributed by atoms with Crippen LogP contribution in [0.25, 0.3) is 16.6 Å². The zero-order chi connectivity index (χ0) is 17.7. The highest BCUT2D eigenvalue weighted by Gasteiger charge is 2.49. The molecule has 8 nitrogen and oxygen atoms in total. The molecule has 0 fully saturated rings. The molecule has 126 valence electrons. The van der Waals surface area contributed by atoms with Crippen LogP contribution in [-0.2, 0) is 10.1 Å². The Morgan fingerprint density at radius 1 is 1.33 bits per heavy atom. The minimum atomic E-state index is -6.03. The molecule has 0 spiro atoms. The fraction of sp³-hybridized carbons (Fsp3) is 0.0833. The molecular weight excluding hydrogens is 355 g/mol. The number of carboxylic acids is 1. The second-order valence-electron chi connectivity index (χ2n) is 4.53. The van der Waals surface area contributed by atoms with Crippen molar-refractivity contribution in [1.29, 1.82) is 0 Å². The zero-order valence-corrected chi connectivity index (χ0v) is 12.2. The van der Waals surface area contributed by atoms with E-state index in [4.69, 9.17) is 5.11 Å². The summed E-state index contributed by atoms with van der Waals surface area (Å²) in [4.78, 5) is 18.3. The van der Waals surface area contributed by atoms with Crippen LogP contribution in [0.2, 0.25) is 0 Å². The Balaban J connectivity index is 2.35. The first-order valence-corrected chi connectivity index (χ1v) is 7.52. The molecule has 24 heavy (non-hydrogen) atoms. The maximum atomic E-state index is 12.6. The number of alkyl halides is 3. The second kappa shape index (κ2) is 5.06. The minimum absolute atomic E-state index is 0.0986. The molecule has 3 heterocycles. The third-order valence-electron chi connectivity index (χ3n) is 2.99. The fourth-order valence-electron chi connectivity index (χ4n) is 1.98. The van der Waals surface area contributed by atoms with E-state index in [0.29, 0.717) is 5.52 Å². The summed E-state index contributed by atoms with van der Waals surface area (Å²) in [5.74, 6) is -2.61. The summed E-state index contributed by atoms with van der Waals surface area (Å²) in [5.41, 5.74) is -6.30. The van der Waals surface area contributed by atoms with Crippen molar-refractivity contribution in [1.82, 2.24) is 14.4 Å². The van der Waals surface area contributed by atoms with Crippen LogP contribution in [-0.4, -0.2) is 39.4 Å². The molecule has 3 aromatic rings. The Bertz CT molecular complexity index is 1070. The Labute approximate surface area is 131 Å². The van der Waals surface area contributed by atoms with Crippen molar-refractivity contribution < 1.29 is 35.7 Å². The van der Waals surface area contributed by atoms with Gasteiger partial charge in [0, 0.05) is 6.20 Å². The van der Waals surface area contributed by atoms with Crippen molar-refractivity contribution in [3.8, 4) is 5.88 Å². The van der Waals surface area contributed by atoms with Gasteiger partial charge in [-0.15, -0.1) is 0 Å². The van der Waals surface area contributed by atoms with E-state index >= 15 is 0 Å². The van der Waals surface area contributed by atoms with Crippen LogP contribution in [0.5, 0.6) is 5.88 Å². The highest BCUT2D eigenvalue weighted by Crippen LogP contribution is 2.31. The maximum absolute atomic E-state index is 12.6. The van der Waals surface area contributed by atoms with E-state index in [9.17, 15) is 26.4 Å². The number of rotatable bonds is 3. The summed E-state index contributed by atoms with van der Waals surface area (Å²) in [6.07, 6.45) is 2.74. The molecule has 0 unspecified atom stereocenters. The van der Waals surface area contributed by atoms with Crippen LogP contribution in [0.4, 0.5) is 13.2 Å². The average molecular weight is 361 g/mol. The van der Waals surface area contributed by atoms with Gasteiger partial charge in [0.25, 0.3) is 5.88 Å². The van der Waals surface area contributed by atoms with E-state index < -0.39 is 33.2 Å². The van der Waals surface area contributed by atoms with Crippen molar-refractivity contribution in [2.75, 3.05) is 0 Å². The van der Waals surface area contributed by atoms with Gasteiger partial charge < -0.3 is 13.7 Å². The number of fused-ring (bicyclic) bond motifs is 3. The van der Waals surface area contributed by atoms with Gasteiger partial charge in [-0.25, -0.2) is 9.78 Å². The normalized spacial score (nSPS) is 12.6. The third kappa shape index (κ3) is 2.50. The molecule has 0 atom stereocenters. The first-order chi connectivity index (χ1) is 11.1. The van der Waals surface area contributed by atoms with E-state index in [0.717, 1.165) is 6.07 Å². The van der Waals surface area contributed by atoms with Crippen molar-refractivity contribution in [2.45, 2.75) is 5.51 Å². The summed E-state index contributed by atoms with van der Waals surface area (Å²) < 4.78 is 65.5. The van der Waals surface area contributed by atoms with E-state index in [1.54, 1.807) is 6.07 Å². The molecule has 3 rings (SSSR count). The highest BCUT2D eigenvalue weighted by atomic mass is 32.2. The lowest BCUT2D eigenvalue weighted by Crippen LogP contribution is -2.28. The predicted octanol–water partition coefficient (Wildman–Crippen LogP) is 1.81. The molecule has 12 heteroatoms. The molecule has 0 aliphatic carbocycles. The lowest BCUT2D eigenvalue weighted by atomic mass is 10.3. The molecule has 0 aromatic carbocycles. The Morgan fingerprint density at radius 2 is 2.04 bits per heavy atom. The van der Waals surface area contributed by atoms with Crippen LogP contribution in [0.3, 0.4) is 0 Å². The molecule has 3 aromatic heterocycles. The number of carboxylic acid groups (broad SMARTS) is 1. The first-order valence-electron chi connectivity index (χ1n) is 6.11. The average Bonchev–Trinajstić information content (AvgIpc) is 2.93. The molecule has 0 saturated carbocycles. The maximum Gasteiger partial charge on any atom is 0.534 e. The number of aromatic carboxylic acids is 1. The fourth-order valence-corrected chi connectivity index (χ4v) is 2.40. The van der Waals surface area contributed by atoms with Crippen molar-refractivity contribution in [3.63, 3.8) is 0 Å². The van der Waals surface area contributed by atoms with Crippen LogP contribution >= 0.6 is 0 Å². The van der Waals surface area contributed by atoms with Crippen molar-refractivity contribution in [3.05, 3.63) is 36.3 Å². The number of hydrogen-bond acceptors (Lipinski definition) is 6. The SMILES string of the molecule is O=C(O)c1cc2ncc3cccn3c2c(OS(=O)(=O)C(F)(F)F)n1. The van der Waals surface area contributed by atoms with Gasteiger partial charge in [0.2, 0.25) is 0 Å².